The van der Waals surface area contributed by atoms with E-state index in [-0.39, 0.29) is 9.92 Å². The van der Waals surface area contributed by atoms with Crippen LogP contribution in [0.1, 0.15) is 30.4 Å². The highest BCUT2D eigenvalue weighted by molar-refractivity contribution is 7.89. The number of anilines is 1. The summed E-state index contributed by atoms with van der Waals surface area (Å²) in [6, 6.07) is 7.95. The molecule has 1 aliphatic heterocycles. The molecule has 0 spiro atoms. The van der Waals surface area contributed by atoms with E-state index < -0.39 is 16.1 Å². The Morgan fingerprint density at radius 1 is 1.27 bits per heavy atom. The third-order valence-corrected chi connectivity index (χ3v) is 6.74. The van der Waals surface area contributed by atoms with Crippen molar-refractivity contribution in [2.75, 3.05) is 26.0 Å². The summed E-state index contributed by atoms with van der Waals surface area (Å²) < 4.78 is 27.8. The highest BCUT2D eigenvalue weighted by Gasteiger charge is 2.38. The Morgan fingerprint density at radius 3 is 2.73 bits per heavy atom. The van der Waals surface area contributed by atoms with Gasteiger partial charge < -0.3 is 10.6 Å². The fraction of sp³-hybridized carbons (Fsp3) is 0.412. The van der Waals surface area contributed by atoms with Gasteiger partial charge in [0.15, 0.2) is 0 Å². The lowest BCUT2D eigenvalue weighted by Crippen LogP contribution is -2.32. The number of halogens is 1. The molecule has 0 radical (unpaired) electrons. The Hall–Kier alpha value is -1.74. The van der Waals surface area contributed by atoms with Crippen LogP contribution in [0, 0.1) is 0 Å². The summed E-state index contributed by atoms with van der Waals surface area (Å²) in [5.41, 5.74) is 0.809. The quantitative estimate of drug-likeness (QED) is 0.781. The van der Waals surface area contributed by atoms with Crippen molar-refractivity contribution >= 4 is 27.4 Å². The van der Waals surface area contributed by atoms with Gasteiger partial charge in [0.05, 0.1) is 16.8 Å². The predicted octanol–water partition coefficient (Wildman–Crippen LogP) is 2.42. The van der Waals surface area contributed by atoms with Gasteiger partial charge >= 0.3 is 0 Å². The van der Waals surface area contributed by atoms with E-state index in [2.05, 4.69) is 20.6 Å². The van der Waals surface area contributed by atoms with Crippen LogP contribution < -0.4 is 10.6 Å². The molecule has 1 aromatic carbocycles. The first-order chi connectivity index (χ1) is 12.5. The van der Waals surface area contributed by atoms with E-state index in [4.69, 9.17) is 11.6 Å². The summed E-state index contributed by atoms with van der Waals surface area (Å²) in [5.74, 6) is 1.18. The van der Waals surface area contributed by atoms with Crippen LogP contribution in [-0.2, 0) is 16.6 Å². The fourth-order valence-electron chi connectivity index (χ4n) is 3.13. The van der Waals surface area contributed by atoms with Gasteiger partial charge in [-0.15, -0.1) is 0 Å². The van der Waals surface area contributed by atoms with Gasteiger partial charge in [0.1, 0.15) is 16.5 Å². The van der Waals surface area contributed by atoms with Crippen LogP contribution in [0.2, 0.25) is 5.02 Å². The third-order valence-electron chi connectivity index (χ3n) is 4.34. The van der Waals surface area contributed by atoms with Crippen molar-refractivity contribution in [3.63, 3.8) is 0 Å². The third kappa shape index (κ3) is 3.68. The standard InChI is InChI=1S/C17H22ClN5O2S/c1-19-11-12-10-16(20-2)22-17(21-12)14-7-5-9-23(14)26(24,25)15-8-4-3-6-13(15)18/h3-4,6,8,10,14,19H,5,7,9,11H2,1-2H3,(H,20,21,22)/t14-/m0/s1. The number of nitrogens with one attached hydrogen (secondary N) is 2. The smallest absolute Gasteiger partial charge is 0.245 e. The zero-order valence-electron chi connectivity index (χ0n) is 14.7. The predicted molar refractivity (Wildman–Crippen MR) is 102 cm³/mol. The number of benzene rings is 1. The lowest BCUT2D eigenvalue weighted by atomic mass is 10.2. The van der Waals surface area contributed by atoms with E-state index >= 15 is 0 Å². The molecule has 0 amide bonds. The van der Waals surface area contributed by atoms with Gasteiger partial charge in [-0.3, -0.25) is 0 Å². The van der Waals surface area contributed by atoms with Gasteiger partial charge in [-0.05, 0) is 32.0 Å². The number of aromatic nitrogens is 2. The second-order valence-electron chi connectivity index (χ2n) is 6.09. The van der Waals surface area contributed by atoms with Crippen molar-refractivity contribution in [3.8, 4) is 0 Å². The monoisotopic (exact) mass is 395 g/mol. The van der Waals surface area contributed by atoms with E-state index in [1.807, 2.05) is 13.1 Å². The molecule has 1 aliphatic rings. The summed E-state index contributed by atoms with van der Waals surface area (Å²) in [6.07, 6.45) is 1.43. The van der Waals surface area contributed by atoms with E-state index in [0.717, 1.165) is 12.1 Å². The number of nitrogens with zero attached hydrogens (tertiary/aromatic N) is 3. The van der Waals surface area contributed by atoms with Crippen LogP contribution >= 0.6 is 11.6 Å². The van der Waals surface area contributed by atoms with Gasteiger partial charge in [0, 0.05) is 26.2 Å². The second-order valence-corrected chi connectivity index (χ2v) is 8.35. The van der Waals surface area contributed by atoms with E-state index in [1.54, 1.807) is 25.2 Å². The highest BCUT2D eigenvalue weighted by atomic mass is 35.5. The van der Waals surface area contributed by atoms with Crippen LogP contribution in [-0.4, -0.2) is 43.3 Å². The SMILES string of the molecule is CNCc1cc(NC)nc([C@@H]2CCCN2S(=O)(=O)c2ccccc2Cl)n1. The lowest BCUT2D eigenvalue weighted by molar-refractivity contribution is 0.382. The zero-order chi connectivity index (χ0) is 18.7. The lowest BCUT2D eigenvalue weighted by Gasteiger charge is -2.24. The number of hydrogen-bond acceptors (Lipinski definition) is 6. The average Bonchev–Trinajstić information content (AvgIpc) is 3.12. The Kier molecular flexibility index (Phi) is 5.76. The maximum absolute atomic E-state index is 13.2. The molecule has 1 atom stereocenters. The first-order valence-corrected chi connectivity index (χ1v) is 10.3. The minimum Gasteiger partial charge on any atom is -0.373 e. The summed E-state index contributed by atoms with van der Waals surface area (Å²) >= 11 is 6.14. The molecule has 0 aliphatic carbocycles. The van der Waals surface area contributed by atoms with Gasteiger partial charge in [0.25, 0.3) is 0 Å². The summed E-state index contributed by atoms with van der Waals surface area (Å²) in [7, 11) is -0.108. The molecular weight excluding hydrogens is 374 g/mol. The minimum absolute atomic E-state index is 0.119. The summed E-state index contributed by atoms with van der Waals surface area (Å²) in [6.45, 7) is 1.00. The van der Waals surface area contributed by atoms with Crippen molar-refractivity contribution in [3.05, 3.63) is 46.9 Å². The van der Waals surface area contributed by atoms with Crippen LogP contribution in [0.4, 0.5) is 5.82 Å². The van der Waals surface area contributed by atoms with E-state index in [1.165, 1.54) is 10.4 Å². The Morgan fingerprint density at radius 2 is 2.04 bits per heavy atom. The van der Waals surface area contributed by atoms with Gasteiger partial charge in [-0.1, -0.05) is 23.7 Å². The molecule has 2 N–H and O–H groups in total. The summed E-state index contributed by atoms with van der Waals surface area (Å²) in [5, 5.41) is 6.30. The molecule has 1 saturated heterocycles. The Labute approximate surface area is 158 Å². The second kappa shape index (κ2) is 7.87. The largest absolute Gasteiger partial charge is 0.373 e. The van der Waals surface area contributed by atoms with Crippen molar-refractivity contribution in [2.24, 2.45) is 0 Å². The molecule has 0 saturated carbocycles. The first kappa shape index (κ1) is 19.0. The van der Waals surface area contributed by atoms with Crippen molar-refractivity contribution < 1.29 is 8.42 Å². The molecule has 0 unspecified atom stereocenters. The zero-order valence-corrected chi connectivity index (χ0v) is 16.3. The molecule has 9 heteroatoms. The molecular formula is C17H22ClN5O2S. The molecule has 7 nitrogen and oxygen atoms in total. The van der Waals surface area contributed by atoms with Crippen LogP contribution in [0.3, 0.4) is 0 Å². The van der Waals surface area contributed by atoms with Crippen molar-refractivity contribution in [1.82, 2.24) is 19.6 Å². The molecule has 3 rings (SSSR count). The topological polar surface area (TPSA) is 87.2 Å². The average molecular weight is 396 g/mol. The van der Waals surface area contributed by atoms with Gasteiger partial charge in [-0.2, -0.15) is 4.31 Å². The first-order valence-electron chi connectivity index (χ1n) is 8.44. The van der Waals surface area contributed by atoms with Crippen LogP contribution in [0.5, 0.6) is 0 Å². The highest BCUT2D eigenvalue weighted by Crippen LogP contribution is 2.37. The van der Waals surface area contributed by atoms with Crippen LogP contribution in [0.15, 0.2) is 35.2 Å². The number of sulfonamides is 1. The number of rotatable bonds is 6. The van der Waals surface area contributed by atoms with Crippen molar-refractivity contribution in [2.45, 2.75) is 30.3 Å². The van der Waals surface area contributed by atoms with Gasteiger partial charge in [0.2, 0.25) is 10.0 Å². The Bertz CT molecular complexity index is 890. The number of hydrogen-bond donors (Lipinski definition) is 2. The molecule has 1 aromatic heterocycles. The van der Waals surface area contributed by atoms with Crippen LogP contribution in [0.25, 0.3) is 0 Å². The maximum Gasteiger partial charge on any atom is 0.245 e. The fourth-order valence-corrected chi connectivity index (χ4v) is 5.28. The Balaban J connectivity index is 2.01. The van der Waals surface area contributed by atoms with E-state index in [0.29, 0.717) is 31.2 Å². The molecule has 26 heavy (non-hydrogen) atoms. The summed E-state index contributed by atoms with van der Waals surface area (Å²) in [4.78, 5) is 9.21. The molecule has 0 bridgehead atoms. The van der Waals surface area contributed by atoms with Crippen molar-refractivity contribution in [1.29, 1.82) is 0 Å². The normalized spacial score (nSPS) is 18.2. The molecule has 2 heterocycles. The molecule has 2 aromatic rings. The van der Waals surface area contributed by atoms with E-state index in [9.17, 15) is 8.42 Å². The maximum atomic E-state index is 13.2. The van der Waals surface area contributed by atoms with Gasteiger partial charge in [-0.25, -0.2) is 18.4 Å². The molecule has 140 valence electrons. The molecule has 1 fully saturated rings. The minimum atomic E-state index is -3.73.